The summed E-state index contributed by atoms with van der Waals surface area (Å²) in [6.07, 6.45) is 11.2. The second-order valence-corrected chi connectivity index (χ2v) is 9.71. The first-order chi connectivity index (χ1) is 17.7. The molecule has 1 atom stereocenters. The molecule has 190 valence electrons. The summed E-state index contributed by atoms with van der Waals surface area (Å²) >= 11 is 0. The number of hydrogen-bond acceptors (Lipinski definition) is 3. The summed E-state index contributed by atoms with van der Waals surface area (Å²) in [5.41, 5.74) is 2.20. The quantitative estimate of drug-likeness (QED) is 0.524. The van der Waals surface area contributed by atoms with Gasteiger partial charge in [0.25, 0.3) is 0 Å². The average molecular weight is 488 g/mol. The minimum Gasteiger partial charge on any atom is -0.356 e. The van der Waals surface area contributed by atoms with Gasteiger partial charge in [-0.05, 0) is 42.9 Å². The lowest BCUT2D eigenvalue weighted by atomic mass is 10.0. The van der Waals surface area contributed by atoms with E-state index in [2.05, 4.69) is 33.3 Å². The van der Waals surface area contributed by atoms with Gasteiger partial charge in [0.05, 0.1) is 26.1 Å². The maximum Gasteiger partial charge on any atom is 0.246 e. The minimum atomic E-state index is 0.0307. The molecule has 0 fully saturated rings. The Morgan fingerprint density at radius 1 is 0.861 bits per heavy atom. The molecule has 2 aromatic carbocycles. The lowest BCUT2D eigenvalue weighted by Gasteiger charge is -2.28. The summed E-state index contributed by atoms with van der Waals surface area (Å²) in [5, 5.41) is 3.11. The molecule has 2 amide bonds. The zero-order valence-corrected chi connectivity index (χ0v) is 21.2. The van der Waals surface area contributed by atoms with Crippen LogP contribution in [0.5, 0.6) is 0 Å². The molecule has 2 bridgehead atoms. The summed E-state index contributed by atoms with van der Waals surface area (Å²) in [6, 6.07) is 20.3. The van der Waals surface area contributed by atoms with Crippen molar-refractivity contribution in [1.82, 2.24) is 15.1 Å². The zero-order chi connectivity index (χ0) is 25.0. The SMILES string of the molecule is O=C1C[C@@H](c2ccccc2)N2C=[N+](CCCCCN(C(=O)/C=C\c3ccccc3)CCCN1)CCC2. The van der Waals surface area contributed by atoms with Crippen molar-refractivity contribution in [2.45, 2.75) is 44.6 Å². The Labute approximate surface area is 215 Å². The minimum absolute atomic E-state index is 0.0307. The Hall–Kier alpha value is -3.41. The first-order valence-electron chi connectivity index (χ1n) is 13.4. The predicted octanol–water partition coefficient (Wildman–Crippen LogP) is 4.10. The lowest BCUT2D eigenvalue weighted by Crippen LogP contribution is -2.41. The van der Waals surface area contributed by atoms with E-state index in [0.29, 0.717) is 19.5 Å². The van der Waals surface area contributed by atoms with Gasteiger partial charge in [0, 0.05) is 32.1 Å². The third-order valence-electron chi connectivity index (χ3n) is 6.97. The van der Waals surface area contributed by atoms with Crippen molar-refractivity contribution in [3.05, 3.63) is 77.9 Å². The highest BCUT2D eigenvalue weighted by molar-refractivity contribution is 5.91. The first-order valence-corrected chi connectivity index (χ1v) is 13.4. The molecule has 0 aliphatic carbocycles. The number of amides is 2. The molecule has 6 nitrogen and oxygen atoms in total. The summed E-state index contributed by atoms with van der Waals surface area (Å²) in [4.78, 5) is 30.2. The third-order valence-corrected chi connectivity index (χ3v) is 6.97. The molecule has 0 saturated carbocycles. The number of nitrogens with zero attached hydrogens (tertiary/aromatic N) is 3. The van der Waals surface area contributed by atoms with Crippen LogP contribution in [0.25, 0.3) is 6.08 Å². The van der Waals surface area contributed by atoms with Gasteiger partial charge in [0.1, 0.15) is 6.04 Å². The highest BCUT2D eigenvalue weighted by Crippen LogP contribution is 2.24. The van der Waals surface area contributed by atoms with Crippen LogP contribution < -0.4 is 5.32 Å². The van der Waals surface area contributed by atoms with E-state index in [1.807, 2.05) is 59.5 Å². The number of fused-ring (bicyclic) bond motifs is 1. The van der Waals surface area contributed by atoms with Gasteiger partial charge in [-0.3, -0.25) is 19.1 Å². The van der Waals surface area contributed by atoms with Crippen molar-refractivity contribution in [2.24, 2.45) is 0 Å². The molecule has 2 aliphatic heterocycles. The van der Waals surface area contributed by atoms with E-state index in [-0.39, 0.29) is 17.9 Å². The smallest absolute Gasteiger partial charge is 0.246 e. The Kier molecular flexibility index (Phi) is 9.71. The summed E-state index contributed by atoms with van der Waals surface area (Å²) < 4.78 is 2.40. The van der Waals surface area contributed by atoms with Crippen LogP contribution >= 0.6 is 0 Å². The van der Waals surface area contributed by atoms with Gasteiger partial charge in [-0.2, -0.15) is 0 Å². The van der Waals surface area contributed by atoms with Crippen LogP contribution in [0.4, 0.5) is 0 Å². The Morgan fingerprint density at radius 3 is 2.39 bits per heavy atom. The number of rotatable bonds is 3. The lowest BCUT2D eigenvalue weighted by molar-refractivity contribution is -0.534. The van der Waals surface area contributed by atoms with Crippen LogP contribution in [0, 0.1) is 0 Å². The standard InChI is InChI=1S/C30H38N4O2/c35-29-24-28(27-14-6-2-7-15-27)34-23-11-20-32(25-34)19-8-3-9-21-33(22-10-18-31-29)30(36)17-16-26-12-4-1-5-13-26/h1-2,4-7,12-17,25,28H,3,8-11,18-24H2/p+1/b17-16-/t28-/m0/s1. The second-order valence-electron chi connectivity index (χ2n) is 9.71. The first kappa shape index (κ1) is 25.7. The molecule has 2 heterocycles. The van der Waals surface area contributed by atoms with E-state index >= 15 is 0 Å². The van der Waals surface area contributed by atoms with Crippen LogP contribution in [-0.2, 0) is 9.59 Å². The van der Waals surface area contributed by atoms with E-state index in [9.17, 15) is 9.59 Å². The van der Waals surface area contributed by atoms with Gasteiger partial charge in [0.15, 0.2) is 0 Å². The normalized spacial score (nSPS) is 20.6. The molecule has 0 saturated heterocycles. The molecular formula is C30H39N4O2+. The highest BCUT2D eigenvalue weighted by atomic mass is 16.2. The van der Waals surface area contributed by atoms with Crippen molar-refractivity contribution in [3.8, 4) is 0 Å². The maximum absolute atomic E-state index is 13.0. The molecule has 0 spiro atoms. The fraction of sp³-hybridized carbons (Fsp3) is 0.433. The van der Waals surface area contributed by atoms with Gasteiger partial charge in [-0.1, -0.05) is 60.7 Å². The van der Waals surface area contributed by atoms with E-state index in [0.717, 1.165) is 63.8 Å². The van der Waals surface area contributed by atoms with Gasteiger partial charge in [-0.25, -0.2) is 0 Å². The van der Waals surface area contributed by atoms with Crippen molar-refractivity contribution in [2.75, 3.05) is 39.3 Å². The molecule has 0 radical (unpaired) electrons. The fourth-order valence-electron chi connectivity index (χ4n) is 5.00. The average Bonchev–Trinajstić information content (AvgIpc) is 2.92. The van der Waals surface area contributed by atoms with E-state index in [4.69, 9.17) is 0 Å². The second kappa shape index (κ2) is 13.6. The Morgan fingerprint density at radius 2 is 1.58 bits per heavy atom. The van der Waals surface area contributed by atoms with Gasteiger partial charge in [-0.15, -0.1) is 0 Å². The van der Waals surface area contributed by atoms with Crippen LogP contribution in [0.2, 0.25) is 0 Å². The van der Waals surface area contributed by atoms with E-state index < -0.39 is 0 Å². The molecule has 36 heavy (non-hydrogen) atoms. The molecule has 0 aromatic heterocycles. The molecule has 0 unspecified atom stereocenters. The molecule has 1 N–H and O–H groups in total. The van der Waals surface area contributed by atoms with Crippen molar-refractivity contribution in [1.29, 1.82) is 0 Å². The molecule has 2 aromatic rings. The monoisotopic (exact) mass is 487 g/mol. The van der Waals surface area contributed by atoms with Gasteiger partial charge in [0.2, 0.25) is 18.2 Å². The fourth-order valence-corrected chi connectivity index (χ4v) is 5.00. The Balaban J connectivity index is 1.43. The van der Waals surface area contributed by atoms with Crippen LogP contribution in [0.3, 0.4) is 0 Å². The molecule has 6 heteroatoms. The van der Waals surface area contributed by atoms with Crippen molar-refractivity contribution in [3.63, 3.8) is 0 Å². The number of hydrogen-bond donors (Lipinski definition) is 1. The van der Waals surface area contributed by atoms with Gasteiger partial charge < -0.3 is 10.2 Å². The number of nitrogens with one attached hydrogen (secondary N) is 1. The maximum atomic E-state index is 13.0. The summed E-state index contributed by atoms with van der Waals surface area (Å²) in [7, 11) is 0. The molecule has 2 aliphatic rings. The van der Waals surface area contributed by atoms with E-state index in [1.54, 1.807) is 6.08 Å². The zero-order valence-electron chi connectivity index (χ0n) is 21.2. The largest absolute Gasteiger partial charge is 0.356 e. The van der Waals surface area contributed by atoms with E-state index in [1.165, 1.54) is 5.56 Å². The Bertz CT molecular complexity index is 1040. The number of carbonyl (C=O) groups excluding carboxylic acids is 2. The van der Waals surface area contributed by atoms with Crippen molar-refractivity contribution >= 4 is 24.2 Å². The summed E-state index contributed by atoms with van der Waals surface area (Å²) in [5.74, 6) is 0.0961. The van der Waals surface area contributed by atoms with Crippen LogP contribution in [-0.4, -0.2) is 71.8 Å². The summed E-state index contributed by atoms with van der Waals surface area (Å²) in [6.45, 7) is 4.99. The van der Waals surface area contributed by atoms with Gasteiger partial charge >= 0.3 is 0 Å². The highest BCUT2D eigenvalue weighted by Gasteiger charge is 2.29. The molecule has 4 rings (SSSR count). The topological polar surface area (TPSA) is 55.7 Å². The molecular weight excluding hydrogens is 448 g/mol. The predicted molar refractivity (Wildman–Crippen MR) is 145 cm³/mol. The van der Waals surface area contributed by atoms with Crippen molar-refractivity contribution < 1.29 is 14.2 Å². The number of carbonyl (C=O) groups is 2. The number of benzene rings is 2. The van der Waals surface area contributed by atoms with Crippen LogP contribution in [0.15, 0.2) is 66.7 Å². The third kappa shape index (κ3) is 7.80. The van der Waals surface area contributed by atoms with Crippen LogP contribution in [0.1, 0.15) is 55.7 Å².